The van der Waals surface area contributed by atoms with E-state index in [4.69, 9.17) is 10.5 Å². The summed E-state index contributed by atoms with van der Waals surface area (Å²) in [6, 6.07) is 11.6. The van der Waals surface area contributed by atoms with Crippen LogP contribution in [-0.2, 0) is 6.42 Å². The van der Waals surface area contributed by atoms with Crippen LogP contribution in [0.2, 0.25) is 0 Å². The highest BCUT2D eigenvalue weighted by molar-refractivity contribution is 9.10. The van der Waals surface area contributed by atoms with Gasteiger partial charge in [-0.2, -0.15) is 0 Å². The molecule has 2 aromatic rings. The molecule has 0 unspecified atom stereocenters. The number of phenols is 1. The highest BCUT2D eigenvalue weighted by atomic mass is 79.9. The monoisotopic (exact) mass is 307 g/mol. The van der Waals surface area contributed by atoms with Gasteiger partial charge in [0.05, 0.1) is 11.6 Å². The van der Waals surface area contributed by atoms with E-state index in [9.17, 15) is 5.11 Å². The first-order valence-corrected chi connectivity index (χ1v) is 6.30. The fraction of sp³-hybridized carbons (Fsp3) is 0.143. The maximum absolute atomic E-state index is 9.95. The zero-order valence-corrected chi connectivity index (χ0v) is 11.6. The number of hydrogen-bond acceptors (Lipinski definition) is 3. The topological polar surface area (TPSA) is 55.5 Å². The fourth-order valence-corrected chi connectivity index (χ4v) is 2.37. The molecule has 3 N–H and O–H groups in total. The molecule has 0 bridgehead atoms. The van der Waals surface area contributed by atoms with E-state index in [2.05, 4.69) is 15.9 Å². The Morgan fingerprint density at radius 3 is 2.56 bits per heavy atom. The normalized spacial score (nSPS) is 10.3. The molecule has 0 saturated carbocycles. The minimum Gasteiger partial charge on any atom is -0.503 e. The molecule has 4 heteroatoms. The van der Waals surface area contributed by atoms with Crippen molar-refractivity contribution in [3.05, 3.63) is 52.0 Å². The van der Waals surface area contributed by atoms with Gasteiger partial charge < -0.3 is 15.6 Å². The van der Waals surface area contributed by atoms with Gasteiger partial charge in [0.2, 0.25) is 0 Å². The first-order chi connectivity index (χ1) is 8.63. The largest absolute Gasteiger partial charge is 0.503 e. The van der Waals surface area contributed by atoms with Crippen molar-refractivity contribution in [3.63, 3.8) is 0 Å². The van der Waals surface area contributed by atoms with Crippen molar-refractivity contribution < 1.29 is 9.84 Å². The quantitative estimate of drug-likeness (QED) is 0.675. The van der Waals surface area contributed by atoms with Crippen LogP contribution in [0, 0.1) is 0 Å². The van der Waals surface area contributed by atoms with Crippen LogP contribution in [0.25, 0.3) is 0 Å². The predicted molar refractivity (Wildman–Crippen MR) is 76.0 cm³/mol. The molecule has 0 saturated heterocycles. The lowest BCUT2D eigenvalue weighted by molar-refractivity contribution is 0.372. The van der Waals surface area contributed by atoms with Crippen LogP contribution in [0.1, 0.15) is 11.1 Å². The molecule has 0 aliphatic carbocycles. The fourth-order valence-electron chi connectivity index (χ4n) is 1.81. The maximum atomic E-state index is 9.95. The molecule has 3 nitrogen and oxygen atoms in total. The van der Waals surface area contributed by atoms with Crippen LogP contribution < -0.4 is 10.5 Å². The summed E-state index contributed by atoms with van der Waals surface area (Å²) in [5.74, 6) is 0.453. The summed E-state index contributed by atoms with van der Waals surface area (Å²) in [5.41, 5.74) is 8.59. The van der Waals surface area contributed by atoms with Crippen molar-refractivity contribution in [2.24, 2.45) is 0 Å². The van der Waals surface area contributed by atoms with Gasteiger partial charge in [0, 0.05) is 18.2 Å². The van der Waals surface area contributed by atoms with Gasteiger partial charge in [-0.1, -0.05) is 30.3 Å². The SMILES string of the molecule is COc1cc(N)c(Cc2ccccc2)c(Br)c1O. The second kappa shape index (κ2) is 5.31. The van der Waals surface area contributed by atoms with Gasteiger partial charge in [-0.25, -0.2) is 0 Å². The maximum Gasteiger partial charge on any atom is 0.172 e. The summed E-state index contributed by atoms with van der Waals surface area (Å²) in [5, 5.41) is 9.95. The van der Waals surface area contributed by atoms with Crippen LogP contribution in [-0.4, -0.2) is 12.2 Å². The van der Waals surface area contributed by atoms with Crippen molar-refractivity contribution in [1.29, 1.82) is 0 Å². The highest BCUT2D eigenvalue weighted by Gasteiger charge is 2.15. The minimum absolute atomic E-state index is 0.0811. The van der Waals surface area contributed by atoms with Crippen LogP contribution >= 0.6 is 15.9 Å². The molecular weight excluding hydrogens is 294 g/mol. The Balaban J connectivity index is 2.43. The molecule has 0 amide bonds. The molecule has 0 heterocycles. The summed E-state index contributed by atoms with van der Waals surface area (Å²) in [6.07, 6.45) is 0.658. The van der Waals surface area contributed by atoms with Crippen molar-refractivity contribution in [1.82, 2.24) is 0 Å². The zero-order chi connectivity index (χ0) is 13.1. The number of methoxy groups -OCH3 is 1. The molecule has 0 aliphatic heterocycles. The number of anilines is 1. The van der Waals surface area contributed by atoms with E-state index in [1.54, 1.807) is 6.07 Å². The number of hydrogen-bond donors (Lipinski definition) is 2. The van der Waals surface area contributed by atoms with Crippen molar-refractivity contribution in [3.8, 4) is 11.5 Å². The van der Waals surface area contributed by atoms with Crippen LogP contribution in [0.3, 0.4) is 0 Å². The minimum atomic E-state index is 0.0811. The Hall–Kier alpha value is -1.68. The van der Waals surface area contributed by atoms with Gasteiger partial charge in [0.1, 0.15) is 0 Å². The number of rotatable bonds is 3. The molecule has 0 radical (unpaired) electrons. The standard InChI is InChI=1S/C14H14BrNO2/c1-18-12-8-11(16)10(13(15)14(12)17)7-9-5-3-2-4-6-9/h2-6,8,17H,7,16H2,1H3. The van der Waals surface area contributed by atoms with Gasteiger partial charge in [-0.15, -0.1) is 0 Å². The number of nitrogen functional groups attached to an aromatic ring is 1. The summed E-state index contributed by atoms with van der Waals surface area (Å²) in [7, 11) is 1.50. The predicted octanol–water partition coefficient (Wildman–Crippen LogP) is 3.34. The molecule has 0 atom stereocenters. The Kier molecular flexibility index (Phi) is 3.77. The third kappa shape index (κ3) is 2.43. The molecule has 94 valence electrons. The second-order valence-electron chi connectivity index (χ2n) is 3.97. The lowest BCUT2D eigenvalue weighted by Crippen LogP contribution is -1.99. The van der Waals surface area contributed by atoms with Gasteiger partial charge in [-0.3, -0.25) is 0 Å². The average Bonchev–Trinajstić information content (AvgIpc) is 2.40. The van der Waals surface area contributed by atoms with Crippen LogP contribution in [0.4, 0.5) is 5.69 Å². The van der Waals surface area contributed by atoms with Crippen molar-refractivity contribution in [2.75, 3.05) is 12.8 Å². The van der Waals surface area contributed by atoms with Gasteiger partial charge in [0.15, 0.2) is 11.5 Å². The molecule has 0 aliphatic rings. The lowest BCUT2D eigenvalue weighted by atomic mass is 10.0. The first kappa shape index (κ1) is 12.8. The number of halogens is 1. The Morgan fingerprint density at radius 2 is 1.94 bits per heavy atom. The molecule has 2 rings (SSSR count). The zero-order valence-electron chi connectivity index (χ0n) is 9.98. The molecular formula is C14H14BrNO2. The smallest absolute Gasteiger partial charge is 0.172 e. The molecule has 18 heavy (non-hydrogen) atoms. The van der Waals surface area contributed by atoms with Crippen molar-refractivity contribution >= 4 is 21.6 Å². The van der Waals surface area contributed by atoms with E-state index >= 15 is 0 Å². The summed E-state index contributed by atoms with van der Waals surface area (Å²) in [4.78, 5) is 0. The number of phenolic OH excluding ortho intramolecular Hbond substituents is 1. The lowest BCUT2D eigenvalue weighted by Gasteiger charge is -2.13. The Labute approximate surface area is 114 Å². The van der Waals surface area contributed by atoms with Gasteiger partial charge in [-0.05, 0) is 27.1 Å². The number of benzene rings is 2. The Bertz CT molecular complexity index is 555. The van der Waals surface area contributed by atoms with Crippen LogP contribution in [0.15, 0.2) is 40.9 Å². The number of ether oxygens (including phenoxy) is 1. The third-order valence-corrected chi connectivity index (χ3v) is 3.64. The second-order valence-corrected chi connectivity index (χ2v) is 4.76. The Morgan fingerprint density at radius 1 is 1.28 bits per heavy atom. The van der Waals surface area contributed by atoms with Crippen molar-refractivity contribution in [2.45, 2.75) is 6.42 Å². The van der Waals surface area contributed by atoms with Crippen LogP contribution in [0.5, 0.6) is 11.5 Å². The first-order valence-electron chi connectivity index (χ1n) is 5.51. The molecule has 0 spiro atoms. The van der Waals surface area contributed by atoms with E-state index in [0.717, 1.165) is 11.1 Å². The summed E-state index contributed by atoms with van der Waals surface area (Å²) < 4.78 is 5.64. The number of aromatic hydroxyl groups is 1. The third-order valence-electron chi connectivity index (χ3n) is 2.78. The molecule has 0 fully saturated rings. The van der Waals surface area contributed by atoms with E-state index in [1.165, 1.54) is 7.11 Å². The summed E-state index contributed by atoms with van der Waals surface area (Å²) in [6.45, 7) is 0. The summed E-state index contributed by atoms with van der Waals surface area (Å²) >= 11 is 3.37. The van der Waals surface area contributed by atoms with E-state index < -0.39 is 0 Å². The number of nitrogens with two attached hydrogens (primary N) is 1. The molecule has 0 aromatic heterocycles. The van der Waals surface area contributed by atoms with E-state index in [0.29, 0.717) is 22.3 Å². The van der Waals surface area contributed by atoms with E-state index in [-0.39, 0.29) is 5.75 Å². The highest BCUT2D eigenvalue weighted by Crippen LogP contribution is 2.40. The van der Waals surface area contributed by atoms with Gasteiger partial charge >= 0.3 is 0 Å². The molecule has 2 aromatic carbocycles. The van der Waals surface area contributed by atoms with E-state index in [1.807, 2.05) is 30.3 Å². The van der Waals surface area contributed by atoms with Gasteiger partial charge in [0.25, 0.3) is 0 Å². The average molecular weight is 308 g/mol.